The molecule has 1 aliphatic carbocycles. The fourth-order valence-electron chi connectivity index (χ4n) is 4.16. The van der Waals surface area contributed by atoms with Gasteiger partial charge >= 0.3 is 0 Å². The second kappa shape index (κ2) is 6.29. The molecule has 2 fully saturated rings. The van der Waals surface area contributed by atoms with E-state index in [1.807, 2.05) is 0 Å². The second-order valence-corrected chi connectivity index (χ2v) is 6.16. The van der Waals surface area contributed by atoms with Crippen LogP contribution in [0.4, 0.5) is 0 Å². The first-order valence-corrected chi connectivity index (χ1v) is 8.10. The Morgan fingerprint density at radius 1 is 1.05 bits per heavy atom. The van der Waals surface area contributed by atoms with Gasteiger partial charge in [-0.2, -0.15) is 0 Å². The summed E-state index contributed by atoms with van der Waals surface area (Å²) in [6, 6.07) is 10.6. The van der Waals surface area contributed by atoms with Gasteiger partial charge in [-0.3, -0.25) is 0 Å². The summed E-state index contributed by atoms with van der Waals surface area (Å²) in [6.45, 7) is 1.37. The zero-order chi connectivity index (χ0) is 14.6. The SMILES string of the molecule is O=CCCCC1(c2ccccc2)CCCCC12OCCO2. The maximum absolute atomic E-state index is 10.7. The van der Waals surface area contributed by atoms with Crippen molar-refractivity contribution >= 4 is 6.29 Å². The maximum Gasteiger partial charge on any atom is 0.178 e. The van der Waals surface area contributed by atoms with Gasteiger partial charge in [0, 0.05) is 18.3 Å². The van der Waals surface area contributed by atoms with Crippen LogP contribution in [0.15, 0.2) is 30.3 Å². The predicted molar refractivity (Wildman–Crippen MR) is 81.1 cm³/mol. The van der Waals surface area contributed by atoms with E-state index in [1.54, 1.807) is 0 Å². The van der Waals surface area contributed by atoms with E-state index in [9.17, 15) is 4.79 Å². The summed E-state index contributed by atoms with van der Waals surface area (Å²) in [5.74, 6) is -0.477. The maximum atomic E-state index is 10.7. The van der Waals surface area contributed by atoms with Crippen LogP contribution in [-0.2, 0) is 19.7 Å². The molecule has 2 aliphatic rings. The quantitative estimate of drug-likeness (QED) is 0.613. The lowest BCUT2D eigenvalue weighted by Gasteiger charge is -2.50. The average molecular weight is 288 g/mol. The molecule has 1 aliphatic heterocycles. The summed E-state index contributed by atoms with van der Waals surface area (Å²) in [4.78, 5) is 10.7. The van der Waals surface area contributed by atoms with Crippen molar-refractivity contribution in [2.24, 2.45) is 0 Å². The topological polar surface area (TPSA) is 35.5 Å². The first-order valence-electron chi connectivity index (χ1n) is 8.10. The Balaban J connectivity index is 1.99. The molecule has 3 rings (SSSR count). The van der Waals surface area contributed by atoms with Gasteiger partial charge in [-0.15, -0.1) is 0 Å². The normalized spacial score (nSPS) is 27.8. The van der Waals surface area contributed by atoms with E-state index in [4.69, 9.17) is 9.47 Å². The van der Waals surface area contributed by atoms with Crippen molar-refractivity contribution in [3.63, 3.8) is 0 Å². The third-order valence-electron chi connectivity index (χ3n) is 5.09. The zero-order valence-electron chi connectivity index (χ0n) is 12.6. The third-order valence-corrected chi connectivity index (χ3v) is 5.09. The molecule has 3 heteroatoms. The molecule has 0 amide bonds. The van der Waals surface area contributed by atoms with E-state index in [-0.39, 0.29) is 5.41 Å². The van der Waals surface area contributed by atoms with E-state index >= 15 is 0 Å². The van der Waals surface area contributed by atoms with Crippen molar-refractivity contribution in [2.45, 2.75) is 56.1 Å². The van der Waals surface area contributed by atoms with E-state index in [2.05, 4.69) is 30.3 Å². The fourth-order valence-corrected chi connectivity index (χ4v) is 4.16. The van der Waals surface area contributed by atoms with E-state index in [0.29, 0.717) is 19.6 Å². The van der Waals surface area contributed by atoms with Gasteiger partial charge in [0.15, 0.2) is 5.79 Å². The van der Waals surface area contributed by atoms with Crippen molar-refractivity contribution < 1.29 is 14.3 Å². The van der Waals surface area contributed by atoms with Crippen LogP contribution >= 0.6 is 0 Å². The van der Waals surface area contributed by atoms with E-state index in [0.717, 1.165) is 38.4 Å². The number of aldehydes is 1. The lowest BCUT2D eigenvalue weighted by atomic mass is 9.62. The molecule has 21 heavy (non-hydrogen) atoms. The van der Waals surface area contributed by atoms with E-state index < -0.39 is 5.79 Å². The van der Waals surface area contributed by atoms with Crippen molar-refractivity contribution in [1.82, 2.24) is 0 Å². The smallest absolute Gasteiger partial charge is 0.178 e. The molecule has 1 aromatic carbocycles. The van der Waals surface area contributed by atoms with Gasteiger partial charge in [-0.25, -0.2) is 0 Å². The molecule has 1 saturated heterocycles. The summed E-state index contributed by atoms with van der Waals surface area (Å²) >= 11 is 0. The lowest BCUT2D eigenvalue weighted by molar-refractivity contribution is -0.229. The molecule has 0 bridgehead atoms. The van der Waals surface area contributed by atoms with Crippen LogP contribution in [0.2, 0.25) is 0 Å². The zero-order valence-corrected chi connectivity index (χ0v) is 12.6. The third kappa shape index (κ3) is 2.53. The van der Waals surface area contributed by atoms with Gasteiger partial charge in [0.2, 0.25) is 0 Å². The number of carbonyl (C=O) groups is 1. The van der Waals surface area contributed by atoms with Crippen LogP contribution in [0.3, 0.4) is 0 Å². The van der Waals surface area contributed by atoms with Gasteiger partial charge in [0.25, 0.3) is 0 Å². The predicted octanol–water partition coefficient (Wildman–Crippen LogP) is 3.61. The number of ether oxygens (including phenoxy) is 2. The number of hydrogen-bond acceptors (Lipinski definition) is 3. The Morgan fingerprint density at radius 2 is 1.76 bits per heavy atom. The molecule has 0 N–H and O–H groups in total. The van der Waals surface area contributed by atoms with E-state index in [1.165, 1.54) is 12.0 Å². The number of unbranched alkanes of at least 4 members (excludes halogenated alkanes) is 1. The number of benzene rings is 1. The van der Waals surface area contributed by atoms with Crippen molar-refractivity contribution in [3.05, 3.63) is 35.9 Å². The molecule has 1 unspecified atom stereocenters. The van der Waals surface area contributed by atoms with Crippen LogP contribution in [0, 0.1) is 0 Å². The van der Waals surface area contributed by atoms with Crippen LogP contribution in [0.5, 0.6) is 0 Å². The highest BCUT2D eigenvalue weighted by molar-refractivity contribution is 5.49. The molecule has 0 aromatic heterocycles. The van der Waals surface area contributed by atoms with Crippen LogP contribution in [0.1, 0.15) is 50.5 Å². The standard InChI is InChI=1S/C18H24O3/c19-13-7-6-11-17(16-8-2-1-3-9-16)10-4-5-12-18(17)20-14-15-21-18/h1-3,8-9,13H,4-7,10-12,14-15H2. The minimum atomic E-state index is -0.477. The highest BCUT2D eigenvalue weighted by atomic mass is 16.7. The fraction of sp³-hybridized carbons (Fsp3) is 0.611. The van der Waals surface area contributed by atoms with Gasteiger partial charge in [0.05, 0.1) is 13.2 Å². The summed E-state index contributed by atoms with van der Waals surface area (Å²) in [6.07, 6.45) is 7.88. The van der Waals surface area contributed by atoms with Gasteiger partial charge < -0.3 is 14.3 Å². The highest BCUT2D eigenvalue weighted by Crippen LogP contribution is 2.53. The lowest BCUT2D eigenvalue weighted by Crippen LogP contribution is -2.54. The summed E-state index contributed by atoms with van der Waals surface area (Å²) in [5.41, 5.74) is 1.20. The Hall–Kier alpha value is -1.19. The van der Waals surface area contributed by atoms with Crippen LogP contribution in [0.25, 0.3) is 0 Å². The molecule has 1 atom stereocenters. The Bertz CT molecular complexity index is 465. The molecular weight excluding hydrogens is 264 g/mol. The molecule has 1 aromatic rings. The number of hydrogen-bond donors (Lipinski definition) is 0. The first kappa shape index (κ1) is 14.7. The summed E-state index contributed by atoms with van der Waals surface area (Å²) in [7, 11) is 0. The van der Waals surface area contributed by atoms with Crippen LogP contribution < -0.4 is 0 Å². The largest absolute Gasteiger partial charge is 0.347 e. The number of carbonyl (C=O) groups excluding carboxylic acids is 1. The van der Waals surface area contributed by atoms with Crippen molar-refractivity contribution in [1.29, 1.82) is 0 Å². The Kier molecular flexibility index (Phi) is 4.41. The van der Waals surface area contributed by atoms with Gasteiger partial charge in [-0.05, 0) is 31.2 Å². The molecule has 3 nitrogen and oxygen atoms in total. The molecule has 1 spiro atoms. The Labute approximate surface area is 126 Å². The molecule has 1 heterocycles. The molecule has 1 saturated carbocycles. The summed E-state index contributed by atoms with van der Waals surface area (Å²) < 4.78 is 12.3. The first-order chi connectivity index (χ1) is 10.3. The minimum absolute atomic E-state index is 0.105. The Morgan fingerprint density at radius 3 is 2.48 bits per heavy atom. The minimum Gasteiger partial charge on any atom is -0.347 e. The monoisotopic (exact) mass is 288 g/mol. The van der Waals surface area contributed by atoms with Gasteiger partial charge in [0.1, 0.15) is 6.29 Å². The molecule has 0 radical (unpaired) electrons. The molecular formula is C18H24O3. The van der Waals surface area contributed by atoms with Crippen molar-refractivity contribution in [2.75, 3.05) is 13.2 Å². The summed E-state index contributed by atoms with van der Waals surface area (Å²) in [5, 5.41) is 0. The van der Waals surface area contributed by atoms with Crippen LogP contribution in [-0.4, -0.2) is 25.3 Å². The molecule has 114 valence electrons. The second-order valence-electron chi connectivity index (χ2n) is 6.16. The number of rotatable bonds is 5. The van der Waals surface area contributed by atoms with Crippen molar-refractivity contribution in [3.8, 4) is 0 Å². The average Bonchev–Trinajstić information content (AvgIpc) is 3.00. The van der Waals surface area contributed by atoms with Gasteiger partial charge in [-0.1, -0.05) is 36.8 Å². The highest BCUT2D eigenvalue weighted by Gasteiger charge is 2.57.